The van der Waals surface area contributed by atoms with Crippen LogP contribution in [0.15, 0.2) is 65.7 Å². The van der Waals surface area contributed by atoms with E-state index in [0.717, 1.165) is 22.3 Å². The number of anilines is 1. The molecule has 8 heteroatoms. The molecule has 0 aliphatic heterocycles. The Hall–Kier alpha value is -4.51. The summed E-state index contributed by atoms with van der Waals surface area (Å²) in [4.78, 5) is 22.1. The smallest absolute Gasteiger partial charge is 0.263 e. The molecule has 0 radical (unpaired) electrons. The first kappa shape index (κ1) is 19.5. The van der Waals surface area contributed by atoms with Crippen molar-refractivity contribution in [1.82, 2.24) is 24.7 Å². The molecule has 0 aliphatic carbocycles. The molecule has 1 unspecified atom stereocenters. The first-order valence-electron chi connectivity index (χ1n) is 10.1. The Bertz CT molecular complexity index is 1560. The largest absolute Gasteiger partial charge is 0.361 e. The number of hydrogen-bond donors (Lipinski definition) is 2. The summed E-state index contributed by atoms with van der Waals surface area (Å²) in [5.74, 6) is 0.476. The van der Waals surface area contributed by atoms with Crippen molar-refractivity contribution in [2.24, 2.45) is 0 Å². The lowest BCUT2D eigenvalue weighted by Gasteiger charge is -2.22. The van der Waals surface area contributed by atoms with Gasteiger partial charge in [-0.25, -0.2) is 9.97 Å². The highest BCUT2D eigenvalue weighted by atomic mass is 16.1. The lowest BCUT2D eigenvalue weighted by Crippen LogP contribution is -2.26. The van der Waals surface area contributed by atoms with Gasteiger partial charge in [-0.15, -0.1) is 0 Å². The van der Waals surface area contributed by atoms with Crippen molar-refractivity contribution in [3.63, 3.8) is 0 Å². The number of aromatic nitrogens is 5. The Balaban J connectivity index is 1.71. The van der Waals surface area contributed by atoms with E-state index < -0.39 is 0 Å². The average Bonchev–Trinajstić information content (AvgIpc) is 3.24. The Labute approximate surface area is 183 Å². The summed E-state index contributed by atoms with van der Waals surface area (Å²) in [5.41, 5.74) is 3.09. The molecule has 3 heterocycles. The molecule has 3 aromatic heterocycles. The normalized spacial score (nSPS) is 12.0. The van der Waals surface area contributed by atoms with Crippen LogP contribution in [-0.2, 0) is 0 Å². The number of pyridine rings is 1. The number of aryl methyl sites for hydroxylation is 1. The topological polar surface area (TPSA) is 112 Å². The van der Waals surface area contributed by atoms with Crippen molar-refractivity contribution in [2.75, 3.05) is 5.32 Å². The molecule has 5 aromatic rings. The average molecular weight is 421 g/mol. The highest BCUT2D eigenvalue weighted by molar-refractivity contribution is 5.91. The van der Waals surface area contributed by atoms with Crippen LogP contribution < -0.4 is 10.9 Å². The minimum atomic E-state index is -0.313. The number of fused-ring (bicyclic) bond motifs is 2. The second-order valence-electron chi connectivity index (χ2n) is 7.58. The Morgan fingerprint density at radius 3 is 2.69 bits per heavy atom. The maximum absolute atomic E-state index is 13.7. The summed E-state index contributed by atoms with van der Waals surface area (Å²) in [6.45, 7) is 3.90. The molecule has 0 saturated carbocycles. The molecule has 156 valence electrons. The molecular formula is C24H19N7O. The SMILES string of the molecule is Cc1cccc2cc(C(C)Nc3ncnc4n[nH]c(C#N)c34)n(-c3ccccc3)c(=O)c12. The summed E-state index contributed by atoms with van der Waals surface area (Å²) in [7, 11) is 0. The van der Waals surface area contributed by atoms with Gasteiger partial charge in [0, 0.05) is 11.4 Å². The van der Waals surface area contributed by atoms with Gasteiger partial charge >= 0.3 is 0 Å². The minimum absolute atomic E-state index is 0.0793. The molecule has 0 bridgehead atoms. The van der Waals surface area contributed by atoms with Crippen molar-refractivity contribution >= 4 is 27.6 Å². The molecule has 2 aromatic carbocycles. The van der Waals surface area contributed by atoms with E-state index in [0.29, 0.717) is 22.2 Å². The molecule has 0 aliphatic rings. The number of H-pyrrole nitrogens is 1. The molecule has 1 atom stereocenters. The van der Waals surface area contributed by atoms with Gasteiger partial charge < -0.3 is 5.32 Å². The second-order valence-corrected chi connectivity index (χ2v) is 7.58. The summed E-state index contributed by atoms with van der Waals surface area (Å²) in [5, 5.41) is 21.6. The zero-order valence-electron chi connectivity index (χ0n) is 17.5. The summed E-state index contributed by atoms with van der Waals surface area (Å²) < 4.78 is 1.73. The molecule has 0 fully saturated rings. The summed E-state index contributed by atoms with van der Waals surface area (Å²) >= 11 is 0. The van der Waals surface area contributed by atoms with Gasteiger partial charge in [0.1, 0.15) is 23.9 Å². The van der Waals surface area contributed by atoms with E-state index in [1.165, 1.54) is 6.33 Å². The van der Waals surface area contributed by atoms with Crippen molar-refractivity contribution < 1.29 is 0 Å². The fraction of sp³-hybridized carbons (Fsp3) is 0.125. The summed E-state index contributed by atoms with van der Waals surface area (Å²) in [6, 6.07) is 19.2. The van der Waals surface area contributed by atoms with Crippen LogP contribution in [0.3, 0.4) is 0 Å². The molecule has 0 amide bonds. The molecule has 32 heavy (non-hydrogen) atoms. The van der Waals surface area contributed by atoms with E-state index in [1.807, 2.05) is 68.4 Å². The Morgan fingerprint density at radius 2 is 1.91 bits per heavy atom. The molecule has 0 saturated heterocycles. The maximum Gasteiger partial charge on any atom is 0.263 e. The predicted molar refractivity (Wildman–Crippen MR) is 123 cm³/mol. The van der Waals surface area contributed by atoms with Crippen LogP contribution in [0, 0.1) is 18.3 Å². The first-order valence-corrected chi connectivity index (χ1v) is 10.1. The van der Waals surface area contributed by atoms with Crippen molar-refractivity contribution in [3.05, 3.63) is 88.2 Å². The van der Waals surface area contributed by atoms with Crippen LogP contribution in [0.5, 0.6) is 0 Å². The highest BCUT2D eigenvalue weighted by Gasteiger charge is 2.20. The molecular weight excluding hydrogens is 402 g/mol. The molecule has 0 spiro atoms. The third-order valence-electron chi connectivity index (χ3n) is 5.56. The van der Waals surface area contributed by atoms with Gasteiger partial charge in [-0.2, -0.15) is 10.4 Å². The lowest BCUT2D eigenvalue weighted by molar-refractivity contribution is 0.774. The number of nitriles is 1. The second kappa shape index (κ2) is 7.63. The van der Waals surface area contributed by atoms with Gasteiger partial charge in [-0.3, -0.25) is 14.5 Å². The zero-order valence-corrected chi connectivity index (χ0v) is 17.5. The van der Waals surface area contributed by atoms with E-state index >= 15 is 0 Å². The van der Waals surface area contributed by atoms with Crippen molar-refractivity contribution in [1.29, 1.82) is 5.26 Å². The Kier molecular flexibility index (Phi) is 4.64. The monoisotopic (exact) mass is 421 g/mol. The number of nitrogens with zero attached hydrogens (tertiary/aromatic N) is 5. The predicted octanol–water partition coefficient (Wildman–Crippen LogP) is 4.01. The first-order chi connectivity index (χ1) is 15.6. The highest BCUT2D eigenvalue weighted by Crippen LogP contribution is 2.28. The van der Waals surface area contributed by atoms with Crippen molar-refractivity contribution in [3.8, 4) is 11.8 Å². The zero-order chi connectivity index (χ0) is 22.2. The quantitative estimate of drug-likeness (QED) is 0.453. The number of hydrogen-bond acceptors (Lipinski definition) is 6. The van der Waals surface area contributed by atoms with E-state index in [-0.39, 0.29) is 17.3 Å². The van der Waals surface area contributed by atoms with Gasteiger partial charge in [0.25, 0.3) is 5.56 Å². The van der Waals surface area contributed by atoms with E-state index in [4.69, 9.17) is 0 Å². The third kappa shape index (κ3) is 3.08. The molecule has 8 nitrogen and oxygen atoms in total. The minimum Gasteiger partial charge on any atom is -0.361 e. The van der Waals surface area contributed by atoms with Gasteiger partial charge in [0.2, 0.25) is 0 Å². The number of para-hydroxylation sites is 1. The molecule has 5 rings (SSSR count). The number of benzene rings is 2. The number of aromatic amines is 1. The number of nitrogens with one attached hydrogen (secondary N) is 2. The van der Waals surface area contributed by atoms with Gasteiger partial charge in [-0.05, 0) is 43.0 Å². The molecule has 2 N–H and O–H groups in total. The van der Waals surface area contributed by atoms with Crippen LogP contribution in [0.4, 0.5) is 5.82 Å². The maximum atomic E-state index is 13.7. The lowest BCUT2D eigenvalue weighted by atomic mass is 10.0. The van der Waals surface area contributed by atoms with Crippen LogP contribution in [0.2, 0.25) is 0 Å². The van der Waals surface area contributed by atoms with Gasteiger partial charge in [-0.1, -0.05) is 36.4 Å². The number of rotatable bonds is 4. The fourth-order valence-electron chi connectivity index (χ4n) is 4.04. The van der Waals surface area contributed by atoms with E-state index in [1.54, 1.807) is 4.57 Å². The van der Waals surface area contributed by atoms with Crippen molar-refractivity contribution in [2.45, 2.75) is 19.9 Å². The Morgan fingerprint density at radius 1 is 1.09 bits per heavy atom. The van der Waals surface area contributed by atoms with Gasteiger partial charge in [0.05, 0.1) is 16.8 Å². The van der Waals surface area contributed by atoms with E-state index in [2.05, 4.69) is 31.6 Å². The van der Waals surface area contributed by atoms with E-state index in [9.17, 15) is 10.1 Å². The standard InChI is InChI=1S/C24H19N7O/c1-14-7-6-8-16-11-19(31(24(32)20(14)16)17-9-4-3-5-10-17)15(2)28-22-21-18(12-25)29-30-23(21)27-13-26-22/h3-11,13,15H,1-2H3,(H2,26,27,28,29,30). The van der Waals surface area contributed by atoms with Crippen LogP contribution in [0.25, 0.3) is 27.5 Å². The summed E-state index contributed by atoms with van der Waals surface area (Å²) in [6.07, 6.45) is 1.40. The van der Waals surface area contributed by atoms with Gasteiger partial charge in [0.15, 0.2) is 5.65 Å². The third-order valence-corrected chi connectivity index (χ3v) is 5.56. The van der Waals surface area contributed by atoms with Crippen LogP contribution >= 0.6 is 0 Å². The van der Waals surface area contributed by atoms with Crippen LogP contribution in [-0.4, -0.2) is 24.7 Å². The van der Waals surface area contributed by atoms with Crippen LogP contribution in [0.1, 0.15) is 29.9 Å². The fourth-order valence-corrected chi connectivity index (χ4v) is 4.04.